The summed E-state index contributed by atoms with van der Waals surface area (Å²) in [7, 11) is 3.34. The molecule has 15 rings (SSSR count). The first-order chi connectivity index (χ1) is 43.5. The van der Waals surface area contributed by atoms with Gasteiger partial charge in [-0.05, 0) is 111 Å². The smallest absolute Gasteiger partial charge is 0.223 e. The molecule has 1 saturated heterocycles. The van der Waals surface area contributed by atoms with Gasteiger partial charge in [0, 0.05) is 144 Å². The molecule has 0 bridgehead atoms. The minimum Gasteiger partial charge on any atom is -0.497 e. The van der Waals surface area contributed by atoms with Gasteiger partial charge in [-0.3, -0.25) is 15.0 Å². The van der Waals surface area contributed by atoms with Gasteiger partial charge in [-0.15, -0.1) is 0 Å². The highest BCUT2D eigenvalue weighted by Crippen LogP contribution is 2.45. The topological polar surface area (TPSA) is 249 Å². The maximum absolute atomic E-state index is 5.42. The number of anilines is 9. The van der Waals surface area contributed by atoms with E-state index >= 15 is 0 Å². The zero-order valence-electron chi connectivity index (χ0n) is 48.8. The second kappa shape index (κ2) is 26.1. The zero-order valence-corrected chi connectivity index (χ0v) is 48.8. The molecule has 13 heterocycles. The summed E-state index contributed by atoms with van der Waals surface area (Å²) in [4.78, 5) is 57.1. The van der Waals surface area contributed by atoms with Crippen molar-refractivity contribution in [3.05, 3.63) is 189 Å². The molecule has 88 heavy (non-hydrogen) atoms. The fourth-order valence-corrected chi connectivity index (χ4v) is 11.2. The molecule has 9 aromatic heterocycles. The Labute approximate surface area is 509 Å². The fraction of sp³-hybridized carbons (Fsp3) is 0.194. The Bertz CT molecular complexity index is 4270. The molecule has 0 aliphatic carbocycles. The van der Waals surface area contributed by atoms with E-state index in [9.17, 15) is 0 Å². The Morgan fingerprint density at radius 2 is 1.00 bits per heavy atom. The molecule has 0 radical (unpaired) electrons. The van der Waals surface area contributed by atoms with Crippen LogP contribution in [0.1, 0.15) is 37.3 Å². The van der Waals surface area contributed by atoms with Crippen LogP contribution in [-0.4, -0.2) is 111 Å². The second-order valence-corrected chi connectivity index (χ2v) is 21.2. The van der Waals surface area contributed by atoms with Gasteiger partial charge in [-0.25, -0.2) is 44.9 Å². The van der Waals surface area contributed by atoms with Crippen molar-refractivity contribution in [3.63, 3.8) is 0 Å². The van der Waals surface area contributed by atoms with E-state index in [0.29, 0.717) is 37.0 Å². The maximum atomic E-state index is 5.42. The summed E-state index contributed by atoms with van der Waals surface area (Å²) in [5, 5.41) is 20.3. The lowest BCUT2D eigenvalue weighted by molar-refractivity contribution is 0.219. The third kappa shape index (κ3) is 12.2. The molecule has 438 valence electrons. The monoisotopic (exact) mass is 1170 g/mol. The summed E-state index contributed by atoms with van der Waals surface area (Å²) in [6.45, 7) is 6.96. The molecular formula is C67H63N19O2. The third-order valence-electron chi connectivity index (χ3n) is 15.6. The summed E-state index contributed by atoms with van der Waals surface area (Å²) in [6, 6.07) is 34.1. The van der Waals surface area contributed by atoms with E-state index in [1.165, 1.54) is 18.5 Å². The summed E-state index contributed by atoms with van der Waals surface area (Å²) < 4.78 is 10.7. The van der Waals surface area contributed by atoms with E-state index in [2.05, 4.69) is 94.6 Å². The van der Waals surface area contributed by atoms with Crippen molar-refractivity contribution < 1.29 is 9.47 Å². The van der Waals surface area contributed by atoms with Gasteiger partial charge in [-0.1, -0.05) is 37.3 Å². The van der Waals surface area contributed by atoms with E-state index in [1.807, 2.05) is 122 Å². The minimum atomic E-state index is 0.412. The largest absolute Gasteiger partial charge is 0.497 e. The van der Waals surface area contributed by atoms with E-state index in [4.69, 9.17) is 24.4 Å². The molecule has 1 fully saturated rings. The SMILES string of the molecule is CCCN1CCC(Nc2ncc3c(n2)-c2cccnc2Nc2cnccc2-3)CC1.COc1cccc(CCNc2ncc3c(n2)-c2cccnc2Nc2cnccc2-3)c1.COc1ccccc1CNc1ncc2c(n1)-c1cccnc1Nc1cnccc1-2. The van der Waals surface area contributed by atoms with E-state index in [0.717, 1.165) is 151 Å². The molecular weight excluding hydrogens is 1100 g/mol. The highest BCUT2D eigenvalue weighted by molar-refractivity contribution is 5.98. The number of hydrogen-bond donors (Lipinski definition) is 6. The minimum absolute atomic E-state index is 0.412. The van der Waals surface area contributed by atoms with Gasteiger partial charge in [0.1, 0.15) is 29.0 Å². The Morgan fingerprint density at radius 1 is 0.489 bits per heavy atom. The molecule has 0 spiro atoms. The van der Waals surface area contributed by atoms with Crippen molar-refractivity contribution in [1.82, 2.24) is 64.7 Å². The number of pyridine rings is 6. The number of para-hydroxylation sites is 1. The van der Waals surface area contributed by atoms with Crippen LogP contribution < -0.4 is 41.4 Å². The number of piperidine rings is 1. The number of benzene rings is 2. The molecule has 21 heteroatoms. The van der Waals surface area contributed by atoms with Gasteiger partial charge in [-0.2, -0.15) is 0 Å². The number of nitrogens with one attached hydrogen (secondary N) is 6. The van der Waals surface area contributed by atoms with Gasteiger partial charge in [0.2, 0.25) is 17.8 Å². The summed E-state index contributed by atoms with van der Waals surface area (Å²) in [5.41, 5.74) is 16.2. The van der Waals surface area contributed by atoms with Crippen molar-refractivity contribution in [3.8, 4) is 78.7 Å². The van der Waals surface area contributed by atoms with Gasteiger partial charge in [0.15, 0.2) is 0 Å². The Balaban J connectivity index is 0.000000122. The van der Waals surface area contributed by atoms with Crippen LogP contribution in [0.5, 0.6) is 11.5 Å². The predicted octanol–water partition coefficient (Wildman–Crippen LogP) is 12.5. The third-order valence-corrected chi connectivity index (χ3v) is 15.6. The lowest BCUT2D eigenvalue weighted by Gasteiger charge is -2.32. The van der Waals surface area contributed by atoms with Crippen LogP contribution in [0.4, 0.5) is 52.4 Å². The first-order valence-electron chi connectivity index (χ1n) is 29.3. The second-order valence-electron chi connectivity index (χ2n) is 21.2. The Morgan fingerprint density at radius 3 is 1.52 bits per heavy atom. The number of rotatable bonds is 13. The molecule has 0 unspecified atom stereocenters. The molecule has 0 amide bonds. The average molecular weight is 1170 g/mol. The molecule has 6 N–H and O–H groups in total. The molecule has 0 saturated carbocycles. The molecule has 4 aliphatic heterocycles. The Kier molecular flexibility index (Phi) is 16.6. The highest BCUT2D eigenvalue weighted by Gasteiger charge is 2.27. The number of nitrogens with zero attached hydrogens (tertiary/aromatic N) is 13. The first kappa shape index (κ1) is 56.1. The number of ether oxygens (including phenoxy) is 2. The molecule has 0 atom stereocenters. The summed E-state index contributed by atoms with van der Waals surface area (Å²) in [6.07, 6.45) is 26.0. The number of aromatic nitrogens is 12. The maximum Gasteiger partial charge on any atom is 0.223 e. The van der Waals surface area contributed by atoms with Crippen LogP contribution in [-0.2, 0) is 13.0 Å². The highest BCUT2D eigenvalue weighted by atomic mass is 16.5. The van der Waals surface area contributed by atoms with Crippen LogP contribution >= 0.6 is 0 Å². The van der Waals surface area contributed by atoms with Crippen LogP contribution in [0.2, 0.25) is 0 Å². The molecule has 4 aliphatic rings. The van der Waals surface area contributed by atoms with Crippen LogP contribution in [0, 0.1) is 0 Å². The number of fused-ring (bicyclic) bond motifs is 15. The number of likely N-dealkylation sites (tertiary alicyclic amines) is 1. The molecule has 2 aromatic carbocycles. The Hall–Kier alpha value is -11.1. The summed E-state index contributed by atoms with van der Waals surface area (Å²) in [5.74, 6) is 5.80. The van der Waals surface area contributed by atoms with E-state index in [1.54, 1.807) is 63.8 Å². The lowest BCUT2D eigenvalue weighted by atomic mass is 10.0. The number of methoxy groups -OCH3 is 2. The van der Waals surface area contributed by atoms with Crippen molar-refractivity contribution >= 4 is 52.4 Å². The van der Waals surface area contributed by atoms with Crippen LogP contribution in [0.3, 0.4) is 0 Å². The summed E-state index contributed by atoms with van der Waals surface area (Å²) >= 11 is 0. The fourth-order valence-electron chi connectivity index (χ4n) is 11.2. The number of hydrogen-bond acceptors (Lipinski definition) is 21. The van der Waals surface area contributed by atoms with Gasteiger partial charge >= 0.3 is 0 Å². The quantitative estimate of drug-likeness (QED) is 0.0628. The van der Waals surface area contributed by atoms with Gasteiger partial charge in [0.25, 0.3) is 0 Å². The molecule has 11 aromatic rings. The van der Waals surface area contributed by atoms with Crippen molar-refractivity contribution in [2.24, 2.45) is 0 Å². The van der Waals surface area contributed by atoms with Gasteiger partial charge < -0.3 is 46.3 Å². The van der Waals surface area contributed by atoms with E-state index in [-0.39, 0.29) is 0 Å². The average Bonchev–Trinajstić information content (AvgIpc) is 2.53. The molecule has 21 nitrogen and oxygen atoms in total. The van der Waals surface area contributed by atoms with Crippen molar-refractivity contribution in [2.75, 3.05) is 72.3 Å². The van der Waals surface area contributed by atoms with Crippen LogP contribution in [0.15, 0.2) is 177 Å². The van der Waals surface area contributed by atoms with Crippen molar-refractivity contribution in [1.29, 1.82) is 0 Å². The first-order valence-corrected chi connectivity index (χ1v) is 29.3. The normalized spacial score (nSPS) is 12.9. The predicted molar refractivity (Wildman–Crippen MR) is 344 cm³/mol. The lowest BCUT2D eigenvalue weighted by Crippen LogP contribution is -2.39. The standard InChI is InChI=1S/C23H20N6O.C22H25N7.C22H18N6O/c1-30-16-5-2-4-15(12-16)7-11-26-23-27-13-19-17-8-10-24-14-20(17)28-22-18(21(19)29-23)6-3-9-25-22;1-2-10-29-11-6-15(7-12-29)26-22-25-13-18-16-5-9-23-14-19(16)27-21-17(20(18)28-22)4-3-8-24-21;1-29-19-7-3-2-5-14(19)11-25-22-26-12-17-15-8-10-23-13-18(15)27-21-16(20(17)28-22)6-4-9-24-21/h2-6,8-10,12-14H,7,11H2,1H3,(H,25,28)(H,26,27,29);3-5,8-9,13-15H,2,6-7,10-12H2,1H3,(H,24,27)(H,25,26,28);2-10,12-13H,11H2,1H3,(H,24,27)(H,25,26,28). The zero-order chi connectivity index (χ0) is 59.6. The van der Waals surface area contributed by atoms with Crippen LogP contribution in [0.25, 0.3) is 67.2 Å². The van der Waals surface area contributed by atoms with E-state index < -0.39 is 0 Å². The van der Waals surface area contributed by atoms with Gasteiger partial charge in [0.05, 0.1) is 67.0 Å². The van der Waals surface area contributed by atoms with Crippen molar-refractivity contribution in [2.45, 2.75) is 45.2 Å².